The zero-order valence-electron chi connectivity index (χ0n) is 17.8. The van der Waals surface area contributed by atoms with Gasteiger partial charge in [0.15, 0.2) is 5.82 Å². The Morgan fingerprint density at radius 3 is 2.60 bits per heavy atom. The van der Waals surface area contributed by atoms with Gasteiger partial charge in [-0.3, -0.25) is 4.79 Å². The maximum absolute atomic E-state index is 12.3. The molecule has 1 aliphatic rings. The molecule has 1 aliphatic heterocycles. The van der Waals surface area contributed by atoms with E-state index in [2.05, 4.69) is 27.3 Å². The van der Waals surface area contributed by atoms with Crippen LogP contribution >= 0.6 is 0 Å². The molecule has 0 radical (unpaired) electrons. The van der Waals surface area contributed by atoms with Crippen LogP contribution in [0, 0.1) is 19.8 Å². The van der Waals surface area contributed by atoms with Crippen LogP contribution in [0.4, 0.5) is 5.82 Å². The van der Waals surface area contributed by atoms with Crippen molar-refractivity contribution in [1.82, 2.24) is 25.3 Å². The fraction of sp³-hybridized carbons (Fsp3) is 0.455. The van der Waals surface area contributed by atoms with Gasteiger partial charge in [-0.1, -0.05) is 18.2 Å². The Morgan fingerprint density at radius 2 is 1.90 bits per heavy atom. The quantitative estimate of drug-likeness (QED) is 0.631. The molecule has 0 bridgehead atoms. The first kappa shape index (κ1) is 20.3. The number of nitrogens with one attached hydrogen (secondary N) is 1. The number of para-hydroxylation sites is 1. The van der Waals surface area contributed by atoms with E-state index in [-0.39, 0.29) is 11.8 Å². The molecular formula is C22H28N6O2. The largest absolute Gasteiger partial charge is 0.383 e. The highest BCUT2D eigenvalue weighted by Gasteiger charge is 2.28. The van der Waals surface area contributed by atoms with Gasteiger partial charge in [0, 0.05) is 32.7 Å². The Hall–Kier alpha value is -3.00. The highest BCUT2D eigenvalue weighted by Crippen LogP contribution is 2.31. The van der Waals surface area contributed by atoms with Crippen molar-refractivity contribution in [2.75, 3.05) is 38.3 Å². The lowest BCUT2D eigenvalue weighted by atomic mass is 9.96. The summed E-state index contributed by atoms with van der Waals surface area (Å²) >= 11 is 0. The number of nitrogens with zero attached hydrogens (tertiary/aromatic N) is 5. The lowest BCUT2D eigenvalue weighted by molar-refractivity contribution is -0.125. The van der Waals surface area contributed by atoms with Gasteiger partial charge >= 0.3 is 0 Å². The third kappa shape index (κ3) is 3.87. The second kappa shape index (κ2) is 8.79. The normalized spacial score (nSPS) is 15.0. The minimum atomic E-state index is 0.0237. The molecule has 0 atom stereocenters. The van der Waals surface area contributed by atoms with E-state index in [1.54, 1.807) is 7.11 Å². The number of aromatic nitrogens is 4. The standard InChI is InChI=1S/C22H28N6O2/c1-15-19-16(2)28(18-7-5-4-6-8-18)26-20(19)21(25-24-15)27-12-9-17(10-13-27)22(29)23-11-14-30-3/h4-8,17H,9-14H2,1-3H3,(H,23,29). The van der Waals surface area contributed by atoms with Gasteiger partial charge in [0.1, 0.15) is 5.52 Å². The molecule has 1 amide bonds. The maximum Gasteiger partial charge on any atom is 0.223 e. The highest BCUT2D eigenvalue weighted by molar-refractivity contribution is 5.92. The van der Waals surface area contributed by atoms with E-state index < -0.39 is 0 Å². The summed E-state index contributed by atoms with van der Waals surface area (Å²) in [4.78, 5) is 14.6. The Bertz CT molecular complexity index is 1030. The van der Waals surface area contributed by atoms with Crippen LogP contribution in [0.25, 0.3) is 16.6 Å². The van der Waals surface area contributed by atoms with E-state index in [0.717, 1.165) is 59.7 Å². The Kier molecular flexibility index (Phi) is 5.94. The summed E-state index contributed by atoms with van der Waals surface area (Å²) in [5.74, 6) is 0.929. The Balaban J connectivity index is 1.57. The summed E-state index contributed by atoms with van der Waals surface area (Å²) in [7, 11) is 1.63. The highest BCUT2D eigenvalue weighted by atomic mass is 16.5. The average molecular weight is 409 g/mol. The monoisotopic (exact) mass is 408 g/mol. The molecule has 1 fully saturated rings. The summed E-state index contributed by atoms with van der Waals surface area (Å²) < 4.78 is 6.96. The van der Waals surface area contributed by atoms with Gasteiger partial charge in [-0.05, 0) is 38.8 Å². The fourth-order valence-electron chi connectivity index (χ4n) is 4.12. The summed E-state index contributed by atoms with van der Waals surface area (Å²) in [5.41, 5.74) is 3.81. The molecule has 158 valence electrons. The molecule has 8 nitrogen and oxygen atoms in total. The van der Waals surface area contributed by atoms with Crippen LogP contribution in [-0.4, -0.2) is 59.2 Å². The van der Waals surface area contributed by atoms with E-state index in [4.69, 9.17) is 9.84 Å². The average Bonchev–Trinajstić information content (AvgIpc) is 3.13. The number of anilines is 1. The molecule has 0 spiro atoms. The van der Waals surface area contributed by atoms with Gasteiger partial charge < -0.3 is 15.0 Å². The molecule has 3 heterocycles. The van der Waals surface area contributed by atoms with Gasteiger partial charge in [0.25, 0.3) is 0 Å². The van der Waals surface area contributed by atoms with Crippen molar-refractivity contribution in [2.45, 2.75) is 26.7 Å². The van der Waals surface area contributed by atoms with E-state index in [1.807, 2.05) is 41.9 Å². The zero-order valence-corrected chi connectivity index (χ0v) is 17.8. The first-order valence-electron chi connectivity index (χ1n) is 10.4. The number of ether oxygens (including phenoxy) is 1. The minimum absolute atomic E-state index is 0.0237. The maximum atomic E-state index is 12.3. The number of aryl methyl sites for hydroxylation is 2. The van der Waals surface area contributed by atoms with Crippen LogP contribution in [0.1, 0.15) is 24.2 Å². The van der Waals surface area contributed by atoms with E-state index in [1.165, 1.54) is 0 Å². The predicted molar refractivity (Wildman–Crippen MR) is 116 cm³/mol. The third-order valence-corrected chi connectivity index (χ3v) is 5.76. The SMILES string of the molecule is COCCNC(=O)C1CCN(c2nnc(C)c3c(C)n(-c4ccccc4)nc23)CC1. The third-order valence-electron chi connectivity index (χ3n) is 5.76. The summed E-state index contributed by atoms with van der Waals surface area (Å²) in [6.07, 6.45) is 1.57. The number of benzene rings is 1. The lowest BCUT2D eigenvalue weighted by Gasteiger charge is -2.31. The Labute approximate surface area is 176 Å². The lowest BCUT2D eigenvalue weighted by Crippen LogP contribution is -2.41. The molecule has 4 rings (SSSR count). The number of piperidine rings is 1. The molecule has 2 aromatic heterocycles. The molecular weight excluding hydrogens is 380 g/mol. The van der Waals surface area contributed by atoms with Gasteiger partial charge in [0.2, 0.25) is 5.91 Å². The number of carbonyl (C=O) groups excluding carboxylic acids is 1. The van der Waals surface area contributed by atoms with Crippen LogP contribution in [0.2, 0.25) is 0 Å². The van der Waals surface area contributed by atoms with Crippen molar-refractivity contribution in [3.8, 4) is 5.69 Å². The van der Waals surface area contributed by atoms with Gasteiger partial charge in [0.05, 0.1) is 29.1 Å². The van der Waals surface area contributed by atoms with E-state index >= 15 is 0 Å². The summed E-state index contributed by atoms with van der Waals surface area (Å²) in [5, 5.41) is 17.8. The first-order chi connectivity index (χ1) is 14.6. The van der Waals surface area contributed by atoms with Crippen molar-refractivity contribution in [2.24, 2.45) is 5.92 Å². The number of fused-ring (bicyclic) bond motifs is 1. The predicted octanol–water partition coefficient (Wildman–Crippen LogP) is 2.41. The molecule has 1 saturated heterocycles. The number of hydrogen-bond acceptors (Lipinski definition) is 6. The van der Waals surface area contributed by atoms with Crippen LogP contribution < -0.4 is 10.2 Å². The van der Waals surface area contributed by atoms with Crippen molar-refractivity contribution in [1.29, 1.82) is 0 Å². The molecule has 0 unspecified atom stereocenters. The van der Waals surface area contributed by atoms with E-state index in [9.17, 15) is 4.79 Å². The molecule has 0 saturated carbocycles. The smallest absolute Gasteiger partial charge is 0.223 e. The van der Waals surface area contributed by atoms with Crippen molar-refractivity contribution in [3.05, 3.63) is 41.7 Å². The summed E-state index contributed by atoms with van der Waals surface area (Å²) in [6, 6.07) is 10.1. The van der Waals surface area contributed by atoms with Crippen LogP contribution in [0.5, 0.6) is 0 Å². The van der Waals surface area contributed by atoms with Crippen molar-refractivity contribution < 1.29 is 9.53 Å². The van der Waals surface area contributed by atoms with Crippen LogP contribution in [0.15, 0.2) is 30.3 Å². The van der Waals surface area contributed by atoms with Gasteiger partial charge in [-0.2, -0.15) is 10.2 Å². The second-order valence-electron chi connectivity index (χ2n) is 7.71. The van der Waals surface area contributed by atoms with Gasteiger partial charge in [-0.25, -0.2) is 4.68 Å². The number of carbonyl (C=O) groups is 1. The molecule has 0 aliphatic carbocycles. The second-order valence-corrected chi connectivity index (χ2v) is 7.71. The zero-order chi connectivity index (χ0) is 21.1. The molecule has 3 aromatic rings. The minimum Gasteiger partial charge on any atom is -0.383 e. The van der Waals surface area contributed by atoms with Crippen LogP contribution in [-0.2, 0) is 9.53 Å². The number of amides is 1. The number of methoxy groups -OCH3 is 1. The molecule has 1 aromatic carbocycles. The fourth-order valence-corrected chi connectivity index (χ4v) is 4.12. The van der Waals surface area contributed by atoms with Crippen LogP contribution in [0.3, 0.4) is 0 Å². The number of hydrogen-bond donors (Lipinski definition) is 1. The first-order valence-corrected chi connectivity index (χ1v) is 10.4. The molecule has 8 heteroatoms. The van der Waals surface area contributed by atoms with Crippen molar-refractivity contribution >= 4 is 22.6 Å². The van der Waals surface area contributed by atoms with Crippen molar-refractivity contribution in [3.63, 3.8) is 0 Å². The summed E-state index contributed by atoms with van der Waals surface area (Å²) in [6.45, 7) is 6.64. The Morgan fingerprint density at radius 1 is 1.17 bits per heavy atom. The van der Waals surface area contributed by atoms with Gasteiger partial charge in [-0.15, -0.1) is 5.10 Å². The molecule has 1 N–H and O–H groups in total. The number of rotatable bonds is 6. The topological polar surface area (TPSA) is 85.2 Å². The molecule has 30 heavy (non-hydrogen) atoms. The van der Waals surface area contributed by atoms with E-state index in [0.29, 0.717) is 13.2 Å².